The number of methoxy groups -OCH3 is 1. The fourth-order valence-electron chi connectivity index (χ4n) is 7.82. The molecule has 1 aromatic heterocycles. The van der Waals surface area contributed by atoms with E-state index in [4.69, 9.17) is 9.47 Å². The minimum atomic E-state index is -3.89. The molecule has 6 rings (SSSR count). The first-order valence-corrected chi connectivity index (χ1v) is 20.6. The van der Waals surface area contributed by atoms with Crippen LogP contribution >= 0.6 is 0 Å². The lowest BCUT2D eigenvalue weighted by Crippen LogP contribution is -2.60. The highest BCUT2D eigenvalue weighted by molar-refractivity contribution is 7.91. The van der Waals surface area contributed by atoms with Crippen molar-refractivity contribution in [1.82, 2.24) is 30.6 Å². The number of nitrogens with one attached hydrogen (secondary N) is 4. The second-order valence-electron chi connectivity index (χ2n) is 16.4. The number of allylic oxidation sites excluding steroid dienone is 1. The summed E-state index contributed by atoms with van der Waals surface area (Å²) >= 11 is 0. The van der Waals surface area contributed by atoms with Gasteiger partial charge in [-0.15, -0.1) is 0 Å². The molecule has 7 atom stereocenters. The minimum absolute atomic E-state index is 0.00258. The Bertz CT molecular complexity index is 1910. The standard InChI is InChI=1S/C39H54N6O8S/c1-7-24-19-23(2)11-8-9-12-25-21-39(25,36(48)44-54(50,51)27-15-16-27)42-33(46)30-20-26(22-45(30)35(47)32(24)41-37(49)43-38(3,4)5)53-34-29-13-10-14-31(52-6)28(29)17-18-40-34/h9-10,12-14,17-18,23-27,30,32H,7-8,11,15-16,19-22H2,1-6H3,(H,42,46)(H,44,48)(H2,41,43,49)/b12-9-/t23-,24-,25-,26-,30+,32+,39-/m1/s1. The Morgan fingerprint density at radius 3 is 2.54 bits per heavy atom. The van der Waals surface area contributed by atoms with Gasteiger partial charge in [-0.25, -0.2) is 18.2 Å². The van der Waals surface area contributed by atoms with E-state index >= 15 is 0 Å². The third kappa shape index (κ3) is 8.61. The number of rotatable bonds is 8. The first-order valence-electron chi connectivity index (χ1n) is 19.1. The van der Waals surface area contributed by atoms with Gasteiger partial charge in [-0.1, -0.05) is 38.5 Å². The lowest BCUT2D eigenvalue weighted by Gasteiger charge is -2.34. The number of fused-ring (bicyclic) bond motifs is 3. The monoisotopic (exact) mass is 766 g/mol. The van der Waals surface area contributed by atoms with Crippen LogP contribution in [-0.4, -0.2) is 90.2 Å². The molecule has 3 heterocycles. The number of urea groups is 1. The molecular weight excluding hydrogens is 713 g/mol. The normalized spacial score (nSPS) is 29.8. The second-order valence-corrected chi connectivity index (χ2v) is 18.4. The van der Waals surface area contributed by atoms with Gasteiger partial charge in [0, 0.05) is 34.8 Å². The maximum absolute atomic E-state index is 14.9. The fourth-order valence-corrected chi connectivity index (χ4v) is 9.18. The van der Waals surface area contributed by atoms with Gasteiger partial charge >= 0.3 is 6.03 Å². The van der Waals surface area contributed by atoms with Crippen LogP contribution in [0.4, 0.5) is 4.79 Å². The Kier molecular flexibility index (Phi) is 11.2. The van der Waals surface area contributed by atoms with Gasteiger partial charge in [0.25, 0.3) is 5.91 Å². The minimum Gasteiger partial charge on any atom is -0.496 e. The van der Waals surface area contributed by atoms with E-state index in [1.807, 2.05) is 64.1 Å². The molecule has 294 valence electrons. The Morgan fingerprint density at radius 2 is 1.85 bits per heavy atom. The zero-order valence-electron chi connectivity index (χ0n) is 32.0. The van der Waals surface area contributed by atoms with E-state index < -0.39 is 74.2 Å². The predicted octanol–water partition coefficient (Wildman–Crippen LogP) is 3.94. The van der Waals surface area contributed by atoms with Crippen LogP contribution in [0.25, 0.3) is 10.8 Å². The summed E-state index contributed by atoms with van der Waals surface area (Å²) in [6.45, 7) is 9.66. The van der Waals surface area contributed by atoms with E-state index in [0.29, 0.717) is 49.1 Å². The van der Waals surface area contributed by atoms with Crippen molar-refractivity contribution in [1.29, 1.82) is 0 Å². The Hall–Kier alpha value is -4.40. The van der Waals surface area contributed by atoms with Gasteiger partial charge in [0.05, 0.1) is 18.9 Å². The summed E-state index contributed by atoms with van der Waals surface area (Å²) in [6, 6.07) is 4.76. The second kappa shape index (κ2) is 15.4. The average molecular weight is 767 g/mol. The van der Waals surface area contributed by atoms with Crippen LogP contribution in [0.3, 0.4) is 0 Å². The molecule has 14 nitrogen and oxygen atoms in total. The molecule has 15 heteroatoms. The number of pyridine rings is 1. The van der Waals surface area contributed by atoms with Crippen molar-refractivity contribution in [3.63, 3.8) is 0 Å². The average Bonchev–Trinajstić information content (AvgIpc) is 4.04. The van der Waals surface area contributed by atoms with E-state index in [-0.39, 0.29) is 31.2 Å². The van der Waals surface area contributed by atoms with Crippen molar-refractivity contribution in [2.24, 2.45) is 17.8 Å². The quantitative estimate of drug-likeness (QED) is 0.289. The molecule has 0 radical (unpaired) electrons. The van der Waals surface area contributed by atoms with Crippen LogP contribution in [0.5, 0.6) is 11.6 Å². The van der Waals surface area contributed by atoms with Crippen LogP contribution in [0.15, 0.2) is 42.6 Å². The van der Waals surface area contributed by atoms with Crippen LogP contribution in [0.1, 0.15) is 86.0 Å². The maximum atomic E-state index is 14.9. The zero-order chi connectivity index (χ0) is 39.0. The van der Waals surface area contributed by atoms with E-state index in [9.17, 15) is 27.6 Å². The summed E-state index contributed by atoms with van der Waals surface area (Å²) in [7, 11) is -2.32. The smallest absolute Gasteiger partial charge is 0.315 e. The van der Waals surface area contributed by atoms with E-state index in [2.05, 4.69) is 32.6 Å². The molecule has 5 amide bonds. The summed E-state index contributed by atoms with van der Waals surface area (Å²) in [5.74, 6) is -1.38. The highest BCUT2D eigenvalue weighted by Gasteiger charge is 2.62. The SMILES string of the molecule is CC[C@@H]1C[C@H](C)CC/C=C\[C@@H]2C[C@@]2(C(=O)NS(=O)(=O)C2CC2)NC(=O)[C@@H]2C[C@@H](Oc3nccc4c(OC)cccc34)CN2C(=O)[C@H]1NC(=O)NC(C)(C)C. The van der Waals surface area contributed by atoms with Gasteiger partial charge in [-0.05, 0) is 89.3 Å². The van der Waals surface area contributed by atoms with Gasteiger partial charge in [-0.3, -0.25) is 19.1 Å². The first kappa shape index (κ1) is 39.3. The molecule has 4 aliphatic rings. The molecule has 3 fully saturated rings. The van der Waals surface area contributed by atoms with Gasteiger partial charge in [-0.2, -0.15) is 0 Å². The van der Waals surface area contributed by atoms with Crippen molar-refractivity contribution < 1.29 is 37.1 Å². The predicted molar refractivity (Wildman–Crippen MR) is 203 cm³/mol. The zero-order valence-corrected chi connectivity index (χ0v) is 32.8. The van der Waals surface area contributed by atoms with Crippen LogP contribution < -0.4 is 30.1 Å². The molecule has 2 saturated carbocycles. The Morgan fingerprint density at radius 1 is 1.09 bits per heavy atom. The van der Waals surface area contributed by atoms with Crippen molar-refractivity contribution in [2.75, 3.05) is 13.7 Å². The number of nitrogens with zero attached hydrogens (tertiary/aromatic N) is 2. The van der Waals surface area contributed by atoms with Crippen molar-refractivity contribution >= 4 is 44.5 Å². The topological polar surface area (TPSA) is 185 Å². The lowest BCUT2D eigenvalue weighted by atomic mass is 9.85. The molecule has 2 aliphatic heterocycles. The van der Waals surface area contributed by atoms with Crippen molar-refractivity contribution in [2.45, 2.75) is 121 Å². The molecule has 2 aromatic rings. The highest BCUT2D eigenvalue weighted by Crippen LogP contribution is 2.46. The molecular formula is C39H54N6O8S. The summed E-state index contributed by atoms with van der Waals surface area (Å²) < 4.78 is 40.0. The van der Waals surface area contributed by atoms with Crippen molar-refractivity contribution in [3.8, 4) is 11.6 Å². The van der Waals surface area contributed by atoms with Crippen LogP contribution in [0, 0.1) is 17.8 Å². The molecule has 54 heavy (non-hydrogen) atoms. The molecule has 0 bridgehead atoms. The third-order valence-electron chi connectivity index (χ3n) is 11.0. The number of hydrogen-bond acceptors (Lipinski definition) is 9. The molecule has 4 N–H and O–H groups in total. The molecule has 1 saturated heterocycles. The largest absolute Gasteiger partial charge is 0.496 e. The number of hydrogen-bond donors (Lipinski definition) is 4. The first-order chi connectivity index (χ1) is 25.5. The molecule has 0 unspecified atom stereocenters. The van der Waals surface area contributed by atoms with Gasteiger partial charge < -0.3 is 30.3 Å². The number of ether oxygens (including phenoxy) is 2. The van der Waals surface area contributed by atoms with E-state index in [1.54, 1.807) is 13.3 Å². The van der Waals surface area contributed by atoms with Crippen LogP contribution in [-0.2, 0) is 24.4 Å². The number of carbonyl (C=O) groups excluding carboxylic acids is 4. The Labute approximate surface area is 317 Å². The maximum Gasteiger partial charge on any atom is 0.315 e. The molecule has 2 aliphatic carbocycles. The molecule has 1 aromatic carbocycles. The molecule has 0 spiro atoms. The number of carbonyl (C=O) groups is 4. The lowest BCUT2D eigenvalue weighted by molar-refractivity contribution is -0.142. The highest BCUT2D eigenvalue weighted by atomic mass is 32.2. The number of benzene rings is 1. The third-order valence-corrected chi connectivity index (χ3v) is 12.8. The number of sulfonamides is 1. The number of aromatic nitrogens is 1. The fraction of sp³-hybridized carbons (Fsp3) is 0.615. The Balaban J connectivity index is 1.36. The van der Waals surface area contributed by atoms with Gasteiger partial charge in [0.15, 0.2) is 0 Å². The number of amides is 5. The summed E-state index contributed by atoms with van der Waals surface area (Å²) in [4.78, 5) is 62.5. The van der Waals surface area contributed by atoms with E-state index in [1.165, 1.54) is 4.90 Å². The van der Waals surface area contributed by atoms with E-state index in [0.717, 1.165) is 11.8 Å². The summed E-state index contributed by atoms with van der Waals surface area (Å²) in [6.07, 6.45) is 8.75. The summed E-state index contributed by atoms with van der Waals surface area (Å²) in [5, 5.41) is 9.63. The van der Waals surface area contributed by atoms with Gasteiger partial charge in [0.2, 0.25) is 27.7 Å². The van der Waals surface area contributed by atoms with Crippen LogP contribution in [0.2, 0.25) is 0 Å². The van der Waals surface area contributed by atoms with Crippen molar-refractivity contribution in [3.05, 3.63) is 42.6 Å². The summed E-state index contributed by atoms with van der Waals surface area (Å²) in [5.41, 5.74) is -2.07. The van der Waals surface area contributed by atoms with Gasteiger partial charge in [0.1, 0.15) is 29.5 Å².